The highest BCUT2D eigenvalue weighted by Gasteiger charge is 2.28. The second-order valence-electron chi connectivity index (χ2n) is 7.95. The van der Waals surface area contributed by atoms with E-state index in [0.717, 1.165) is 21.7 Å². The Morgan fingerprint density at radius 3 is 2.72 bits per heavy atom. The summed E-state index contributed by atoms with van der Waals surface area (Å²) in [7, 11) is 0. The van der Waals surface area contributed by atoms with E-state index < -0.39 is 0 Å². The van der Waals surface area contributed by atoms with Crippen molar-refractivity contribution in [3.8, 4) is 6.07 Å². The van der Waals surface area contributed by atoms with Crippen LogP contribution in [0.5, 0.6) is 0 Å². The molecule has 162 valence electrons. The molecule has 2 aromatic heterocycles. The number of aromatic nitrogens is 1. The van der Waals surface area contributed by atoms with Gasteiger partial charge < -0.3 is 10.2 Å². The van der Waals surface area contributed by atoms with Crippen LogP contribution in [0.25, 0.3) is 0 Å². The van der Waals surface area contributed by atoms with Gasteiger partial charge in [-0.25, -0.2) is 0 Å². The highest BCUT2D eigenvalue weighted by Crippen LogP contribution is 2.37. The number of hydrogen-bond donors (Lipinski definition) is 1. The smallest absolute Gasteiger partial charge is 0.228 e. The monoisotopic (exact) mass is 444 g/mol. The molecule has 0 aliphatic carbocycles. The molecule has 0 saturated heterocycles. The molecule has 6 nitrogen and oxygen atoms in total. The number of nitrogens with one attached hydrogen (secondary N) is 1. The van der Waals surface area contributed by atoms with Crippen LogP contribution in [-0.4, -0.2) is 28.2 Å². The fourth-order valence-corrected chi connectivity index (χ4v) is 5.18. The zero-order chi connectivity index (χ0) is 22.5. The Bertz CT molecular complexity index is 1150. The van der Waals surface area contributed by atoms with Crippen molar-refractivity contribution in [2.75, 3.05) is 11.9 Å². The molecular weight excluding hydrogens is 420 g/mol. The topological polar surface area (TPSA) is 86.1 Å². The minimum Gasteiger partial charge on any atom is -0.337 e. The third-order valence-electron chi connectivity index (χ3n) is 5.69. The van der Waals surface area contributed by atoms with E-state index in [1.54, 1.807) is 11.1 Å². The summed E-state index contributed by atoms with van der Waals surface area (Å²) in [6, 6.07) is 17.7. The minimum absolute atomic E-state index is 0.0172. The van der Waals surface area contributed by atoms with Crippen molar-refractivity contribution in [2.24, 2.45) is 0 Å². The molecule has 4 rings (SSSR count). The predicted octanol–water partition coefficient (Wildman–Crippen LogP) is 4.27. The van der Waals surface area contributed by atoms with Gasteiger partial charge in [0, 0.05) is 29.7 Å². The Balaban J connectivity index is 1.43. The van der Waals surface area contributed by atoms with E-state index in [1.165, 1.54) is 11.3 Å². The fourth-order valence-electron chi connectivity index (χ4n) is 3.95. The molecule has 1 aliphatic rings. The molecule has 0 fully saturated rings. The number of anilines is 1. The van der Waals surface area contributed by atoms with Crippen molar-refractivity contribution >= 4 is 28.2 Å². The maximum Gasteiger partial charge on any atom is 0.228 e. The SMILES string of the molecule is CC(CC(=O)Nc1sc2c(c1C#N)CCN(C(=O)Cc1ccccn1)C2)c1ccccc1. The molecule has 0 spiro atoms. The van der Waals surface area contributed by atoms with Gasteiger partial charge in [0.2, 0.25) is 11.8 Å². The molecule has 3 heterocycles. The van der Waals surface area contributed by atoms with Crippen molar-refractivity contribution in [3.05, 3.63) is 82.0 Å². The van der Waals surface area contributed by atoms with E-state index in [2.05, 4.69) is 16.4 Å². The predicted molar refractivity (Wildman–Crippen MR) is 124 cm³/mol. The van der Waals surface area contributed by atoms with Crippen molar-refractivity contribution < 1.29 is 9.59 Å². The molecule has 1 unspecified atom stereocenters. The zero-order valence-electron chi connectivity index (χ0n) is 17.9. The molecule has 7 heteroatoms. The van der Waals surface area contributed by atoms with Gasteiger partial charge in [0.25, 0.3) is 0 Å². The number of carbonyl (C=O) groups excluding carboxylic acids is 2. The van der Waals surface area contributed by atoms with Crippen LogP contribution in [0, 0.1) is 11.3 Å². The molecular formula is C25H24N4O2S. The molecule has 1 aliphatic heterocycles. The number of amides is 2. The van der Waals surface area contributed by atoms with E-state index in [1.807, 2.05) is 55.5 Å². The normalized spacial score (nSPS) is 13.7. The average molecular weight is 445 g/mol. The summed E-state index contributed by atoms with van der Waals surface area (Å²) < 4.78 is 0. The first kappa shape index (κ1) is 21.7. The van der Waals surface area contributed by atoms with Crippen LogP contribution in [0.15, 0.2) is 54.7 Å². The number of thiophene rings is 1. The molecule has 0 saturated carbocycles. The average Bonchev–Trinajstić information content (AvgIpc) is 3.16. The Labute approximate surface area is 191 Å². The quantitative estimate of drug-likeness (QED) is 0.615. The first-order valence-electron chi connectivity index (χ1n) is 10.6. The Hall–Kier alpha value is -3.50. The maximum absolute atomic E-state index is 12.7. The van der Waals surface area contributed by atoms with Gasteiger partial charge in [-0.1, -0.05) is 43.3 Å². The number of nitriles is 1. The number of pyridine rings is 1. The van der Waals surface area contributed by atoms with Gasteiger partial charge in [0.15, 0.2) is 0 Å². The second kappa shape index (κ2) is 9.75. The number of hydrogen-bond acceptors (Lipinski definition) is 5. The number of nitrogens with zero attached hydrogens (tertiary/aromatic N) is 3. The lowest BCUT2D eigenvalue weighted by Gasteiger charge is -2.27. The fraction of sp³-hybridized carbons (Fsp3) is 0.280. The number of rotatable bonds is 6. The van der Waals surface area contributed by atoms with Gasteiger partial charge in [-0.2, -0.15) is 5.26 Å². The Kier molecular flexibility index (Phi) is 6.62. The lowest BCUT2D eigenvalue weighted by molar-refractivity contribution is -0.131. The maximum atomic E-state index is 12.7. The van der Waals surface area contributed by atoms with Crippen molar-refractivity contribution in [1.29, 1.82) is 5.26 Å². The van der Waals surface area contributed by atoms with Crippen molar-refractivity contribution in [3.63, 3.8) is 0 Å². The number of benzene rings is 1. The first-order valence-corrected chi connectivity index (χ1v) is 11.4. The van der Waals surface area contributed by atoms with Gasteiger partial charge in [0.05, 0.1) is 18.5 Å². The largest absolute Gasteiger partial charge is 0.337 e. The molecule has 1 atom stereocenters. The van der Waals surface area contributed by atoms with E-state index in [4.69, 9.17) is 0 Å². The van der Waals surface area contributed by atoms with Crippen LogP contribution in [0.4, 0.5) is 5.00 Å². The van der Waals surface area contributed by atoms with Crippen LogP contribution < -0.4 is 5.32 Å². The molecule has 1 N–H and O–H groups in total. The molecule has 3 aromatic rings. The number of carbonyl (C=O) groups is 2. The molecule has 0 radical (unpaired) electrons. The standard InChI is InChI=1S/C25H24N4O2S/c1-17(18-7-3-2-4-8-18)13-23(30)28-25-21(15-26)20-10-12-29(16-22(20)32-25)24(31)14-19-9-5-6-11-27-19/h2-9,11,17H,10,12-14,16H2,1H3,(H,28,30). The summed E-state index contributed by atoms with van der Waals surface area (Å²) >= 11 is 1.40. The molecule has 0 bridgehead atoms. The van der Waals surface area contributed by atoms with Crippen LogP contribution in [-0.2, 0) is 29.0 Å². The van der Waals surface area contributed by atoms with Gasteiger partial charge in [0.1, 0.15) is 11.1 Å². The van der Waals surface area contributed by atoms with Crippen molar-refractivity contribution in [1.82, 2.24) is 9.88 Å². The highest BCUT2D eigenvalue weighted by atomic mass is 32.1. The van der Waals surface area contributed by atoms with Crippen molar-refractivity contribution in [2.45, 2.75) is 38.6 Å². The molecule has 32 heavy (non-hydrogen) atoms. The van der Waals surface area contributed by atoms with Crippen LogP contribution >= 0.6 is 11.3 Å². The zero-order valence-corrected chi connectivity index (χ0v) is 18.7. The van der Waals surface area contributed by atoms with Gasteiger partial charge in [-0.15, -0.1) is 11.3 Å². The molecule has 1 aromatic carbocycles. The van der Waals surface area contributed by atoms with Crippen LogP contribution in [0.2, 0.25) is 0 Å². The third-order valence-corrected chi connectivity index (χ3v) is 6.83. The summed E-state index contributed by atoms with van der Waals surface area (Å²) in [6.45, 7) is 3.03. The third kappa shape index (κ3) is 4.87. The summed E-state index contributed by atoms with van der Waals surface area (Å²) in [5.41, 5.74) is 3.33. The van der Waals surface area contributed by atoms with Crippen LogP contribution in [0.1, 0.15) is 46.5 Å². The Morgan fingerprint density at radius 1 is 1.22 bits per heavy atom. The van der Waals surface area contributed by atoms with Gasteiger partial charge >= 0.3 is 0 Å². The molecule has 2 amide bonds. The van der Waals surface area contributed by atoms with E-state index in [0.29, 0.717) is 36.5 Å². The first-order chi connectivity index (χ1) is 15.5. The van der Waals surface area contributed by atoms with E-state index in [-0.39, 0.29) is 24.2 Å². The van der Waals surface area contributed by atoms with Gasteiger partial charge in [-0.3, -0.25) is 14.6 Å². The Morgan fingerprint density at radius 2 is 2.00 bits per heavy atom. The summed E-state index contributed by atoms with van der Waals surface area (Å²) in [6.07, 6.45) is 2.89. The summed E-state index contributed by atoms with van der Waals surface area (Å²) in [4.78, 5) is 32.4. The highest BCUT2D eigenvalue weighted by molar-refractivity contribution is 7.16. The van der Waals surface area contributed by atoms with Gasteiger partial charge in [-0.05, 0) is 35.6 Å². The minimum atomic E-state index is -0.112. The summed E-state index contributed by atoms with van der Waals surface area (Å²) in [5.74, 6) is -0.0147. The lowest BCUT2D eigenvalue weighted by atomic mass is 9.97. The van der Waals surface area contributed by atoms with E-state index >= 15 is 0 Å². The van der Waals surface area contributed by atoms with E-state index in [9.17, 15) is 14.9 Å². The van der Waals surface area contributed by atoms with Crippen LogP contribution in [0.3, 0.4) is 0 Å². The number of fused-ring (bicyclic) bond motifs is 1. The summed E-state index contributed by atoms with van der Waals surface area (Å²) in [5, 5.41) is 13.3. The lowest BCUT2D eigenvalue weighted by Crippen LogP contribution is -2.36. The second-order valence-corrected chi connectivity index (χ2v) is 9.05.